The van der Waals surface area contributed by atoms with Gasteiger partial charge in [0, 0.05) is 6.20 Å². The van der Waals surface area contributed by atoms with Crippen LogP contribution >= 0.6 is 22.9 Å². The number of fused-ring (bicyclic) bond motifs is 1. The highest BCUT2D eigenvalue weighted by atomic mass is 127. The Labute approximate surface area is 94.6 Å². The number of nitrogens with one attached hydrogen (secondary N) is 1. The van der Waals surface area contributed by atoms with Crippen molar-refractivity contribution in [1.29, 1.82) is 0 Å². The lowest BCUT2D eigenvalue weighted by Gasteiger charge is -2.02. The monoisotopic (exact) mass is 329 g/mol. The van der Waals surface area contributed by atoms with Gasteiger partial charge in [-0.1, -0.05) is 0 Å². The summed E-state index contributed by atoms with van der Waals surface area (Å²) < 4.78 is 38.8. The van der Waals surface area contributed by atoms with Gasteiger partial charge in [-0.2, -0.15) is 18.3 Å². The molecular formula is C7H3F3IN3O. The van der Waals surface area contributed by atoms with E-state index in [0.29, 0.717) is 0 Å². The lowest BCUT2D eigenvalue weighted by atomic mass is 10.2. The van der Waals surface area contributed by atoms with E-state index in [2.05, 4.69) is 5.10 Å². The molecule has 0 fully saturated rings. The van der Waals surface area contributed by atoms with E-state index >= 15 is 0 Å². The standard InChI is InChI=1S/C7H3F3IN3O/c8-7(9,10)3-2-14(11)4-1-12-13-6(15)5(3)4/h1-2H,(H,13,15). The molecule has 0 unspecified atom stereocenters. The van der Waals surface area contributed by atoms with Crippen molar-refractivity contribution in [2.24, 2.45) is 0 Å². The number of aromatic amines is 1. The second-order valence-corrected chi connectivity index (χ2v) is 3.85. The Morgan fingerprint density at radius 2 is 2.13 bits per heavy atom. The molecule has 0 aromatic carbocycles. The third-order valence-corrected chi connectivity index (χ3v) is 2.68. The lowest BCUT2D eigenvalue weighted by molar-refractivity contribution is -0.136. The van der Waals surface area contributed by atoms with E-state index < -0.39 is 17.3 Å². The van der Waals surface area contributed by atoms with Gasteiger partial charge >= 0.3 is 6.18 Å². The van der Waals surface area contributed by atoms with Gasteiger partial charge in [0.2, 0.25) is 0 Å². The zero-order chi connectivity index (χ0) is 11.2. The molecule has 0 saturated heterocycles. The summed E-state index contributed by atoms with van der Waals surface area (Å²) in [4.78, 5) is 11.2. The summed E-state index contributed by atoms with van der Waals surface area (Å²) in [5.74, 6) is 0. The first-order valence-corrected chi connectivity index (χ1v) is 4.70. The molecule has 0 aliphatic heterocycles. The molecule has 0 atom stereocenters. The number of H-pyrrole nitrogens is 1. The van der Waals surface area contributed by atoms with Crippen molar-refractivity contribution >= 4 is 33.8 Å². The fraction of sp³-hybridized carbons (Fsp3) is 0.143. The zero-order valence-electron chi connectivity index (χ0n) is 6.97. The highest BCUT2D eigenvalue weighted by molar-refractivity contribution is 14.1. The molecule has 2 rings (SSSR count). The Balaban J connectivity index is 2.94. The predicted molar refractivity (Wildman–Crippen MR) is 54.8 cm³/mol. The Bertz CT molecular complexity index is 571. The van der Waals surface area contributed by atoms with Crippen LogP contribution in [0, 0.1) is 0 Å². The molecule has 80 valence electrons. The highest BCUT2D eigenvalue weighted by Gasteiger charge is 2.35. The number of nitrogens with zero attached hydrogens (tertiary/aromatic N) is 2. The summed E-state index contributed by atoms with van der Waals surface area (Å²) in [6.07, 6.45) is -2.50. The van der Waals surface area contributed by atoms with E-state index in [1.165, 1.54) is 8.98 Å². The molecule has 0 radical (unpaired) electrons. The molecule has 0 aliphatic rings. The summed E-state index contributed by atoms with van der Waals surface area (Å²) in [7, 11) is 0. The maximum Gasteiger partial charge on any atom is 0.418 e. The normalized spacial score (nSPS) is 12.3. The minimum absolute atomic E-state index is 0.145. The Morgan fingerprint density at radius 3 is 2.73 bits per heavy atom. The summed E-state index contributed by atoms with van der Waals surface area (Å²) in [6.45, 7) is 0. The van der Waals surface area contributed by atoms with Crippen LogP contribution in [0.5, 0.6) is 0 Å². The number of alkyl halides is 3. The number of aromatic nitrogens is 3. The quantitative estimate of drug-likeness (QED) is 0.751. The van der Waals surface area contributed by atoms with Gasteiger partial charge in [0.1, 0.15) is 0 Å². The summed E-state index contributed by atoms with van der Waals surface area (Å²) in [5.41, 5.74) is -1.64. The van der Waals surface area contributed by atoms with E-state index in [9.17, 15) is 18.0 Å². The highest BCUT2D eigenvalue weighted by Crippen LogP contribution is 2.34. The summed E-state index contributed by atoms with van der Waals surface area (Å²) >= 11 is 1.66. The number of hydrogen-bond donors (Lipinski definition) is 1. The molecule has 8 heteroatoms. The molecule has 0 bridgehead atoms. The van der Waals surface area contributed by atoms with E-state index in [4.69, 9.17) is 0 Å². The molecule has 0 amide bonds. The molecule has 4 nitrogen and oxygen atoms in total. The first-order valence-electron chi connectivity index (χ1n) is 3.73. The average Bonchev–Trinajstić information content (AvgIpc) is 2.45. The second kappa shape index (κ2) is 3.22. The van der Waals surface area contributed by atoms with Gasteiger partial charge in [0.25, 0.3) is 5.56 Å². The molecule has 2 aromatic heterocycles. The van der Waals surface area contributed by atoms with Crippen LogP contribution in [0.3, 0.4) is 0 Å². The maximum atomic E-state index is 12.5. The van der Waals surface area contributed by atoms with Crippen molar-refractivity contribution < 1.29 is 13.2 Å². The van der Waals surface area contributed by atoms with Crippen molar-refractivity contribution in [2.75, 3.05) is 0 Å². The average molecular weight is 329 g/mol. The first kappa shape index (κ1) is 10.5. The SMILES string of the molecule is O=c1[nH]ncc2c1c(C(F)(F)F)cn2I. The maximum absolute atomic E-state index is 12.5. The van der Waals surface area contributed by atoms with E-state index in [1.807, 2.05) is 5.10 Å². The van der Waals surface area contributed by atoms with Crippen LogP contribution in [0.4, 0.5) is 13.2 Å². The molecule has 2 heterocycles. The van der Waals surface area contributed by atoms with Gasteiger partial charge < -0.3 is 0 Å². The molecule has 2 aromatic rings. The van der Waals surface area contributed by atoms with Gasteiger partial charge in [-0.3, -0.25) is 7.58 Å². The first-order chi connectivity index (χ1) is 6.91. The van der Waals surface area contributed by atoms with E-state index in [0.717, 1.165) is 6.20 Å². The zero-order valence-corrected chi connectivity index (χ0v) is 9.13. The van der Waals surface area contributed by atoms with Crippen LogP contribution in [0.25, 0.3) is 10.9 Å². The van der Waals surface area contributed by atoms with Gasteiger partial charge in [-0.25, -0.2) is 5.10 Å². The molecular weight excluding hydrogens is 326 g/mol. The predicted octanol–water partition coefficient (Wildman–Crippen LogP) is 1.94. The fourth-order valence-electron chi connectivity index (χ4n) is 1.27. The smallest absolute Gasteiger partial charge is 0.287 e. The number of rotatable bonds is 0. The number of hydrogen-bond acceptors (Lipinski definition) is 2. The van der Waals surface area contributed by atoms with Crippen LogP contribution in [0.2, 0.25) is 0 Å². The third kappa shape index (κ3) is 1.62. The molecule has 15 heavy (non-hydrogen) atoms. The van der Waals surface area contributed by atoms with Gasteiger partial charge in [-0.15, -0.1) is 0 Å². The molecule has 0 saturated carbocycles. The van der Waals surface area contributed by atoms with Gasteiger partial charge in [0.15, 0.2) is 0 Å². The van der Waals surface area contributed by atoms with Gasteiger partial charge in [-0.05, 0) is 0 Å². The Morgan fingerprint density at radius 1 is 1.47 bits per heavy atom. The van der Waals surface area contributed by atoms with Crippen molar-refractivity contribution in [3.05, 3.63) is 28.3 Å². The van der Waals surface area contributed by atoms with E-state index in [1.54, 1.807) is 22.9 Å². The van der Waals surface area contributed by atoms with Crippen molar-refractivity contribution in [1.82, 2.24) is 13.0 Å². The van der Waals surface area contributed by atoms with Crippen LogP contribution < -0.4 is 5.56 Å². The number of halogens is 4. The van der Waals surface area contributed by atoms with Crippen molar-refractivity contribution in [2.45, 2.75) is 6.18 Å². The topological polar surface area (TPSA) is 50.7 Å². The van der Waals surface area contributed by atoms with E-state index in [-0.39, 0.29) is 10.9 Å². The van der Waals surface area contributed by atoms with Crippen LogP contribution in [0.15, 0.2) is 17.2 Å². The fourth-order valence-corrected chi connectivity index (χ4v) is 1.92. The molecule has 0 spiro atoms. The Kier molecular flexibility index (Phi) is 2.24. The Hall–Kier alpha value is -1.06. The minimum Gasteiger partial charge on any atom is -0.287 e. The second-order valence-electron chi connectivity index (χ2n) is 2.81. The van der Waals surface area contributed by atoms with Crippen LogP contribution in [-0.4, -0.2) is 13.0 Å². The lowest BCUT2D eigenvalue weighted by Crippen LogP contribution is -2.12. The van der Waals surface area contributed by atoms with Crippen LogP contribution in [0.1, 0.15) is 5.56 Å². The summed E-state index contributed by atoms with van der Waals surface area (Å²) in [6, 6.07) is 0. The minimum atomic E-state index is -4.54. The third-order valence-electron chi connectivity index (χ3n) is 1.88. The van der Waals surface area contributed by atoms with Crippen molar-refractivity contribution in [3.63, 3.8) is 0 Å². The van der Waals surface area contributed by atoms with Crippen molar-refractivity contribution in [3.8, 4) is 0 Å². The van der Waals surface area contributed by atoms with Gasteiger partial charge in [0.05, 0.1) is 45.5 Å². The molecule has 1 N–H and O–H groups in total. The van der Waals surface area contributed by atoms with Crippen LogP contribution in [-0.2, 0) is 6.18 Å². The largest absolute Gasteiger partial charge is 0.418 e. The molecule has 0 aliphatic carbocycles. The summed E-state index contributed by atoms with van der Waals surface area (Å²) in [5, 5.41) is 5.03.